The first-order chi connectivity index (χ1) is 18.1. The highest BCUT2D eigenvalue weighted by molar-refractivity contribution is 5.90. The number of amides is 1. The van der Waals surface area contributed by atoms with E-state index in [1.807, 2.05) is 12.1 Å². The number of methoxy groups -OCH3 is 1. The molecule has 2 aliphatic heterocycles. The monoisotopic (exact) mass is 503 g/mol. The van der Waals surface area contributed by atoms with Crippen LogP contribution in [0.25, 0.3) is 10.9 Å². The van der Waals surface area contributed by atoms with Crippen molar-refractivity contribution < 1.29 is 14.3 Å². The predicted octanol–water partition coefficient (Wildman–Crippen LogP) is 3.16. The Balaban J connectivity index is 1.42. The number of benzene rings is 2. The molecule has 8 heteroatoms. The lowest BCUT2D eigenvalue weighted by molar-refractivity contribution is -0.145. The van der Waals surface area contributed by atoms with Gasteiger partial charge in [-0.2, -0.15) is 0 Å². The molecule has 37 heavy (non-hydrogen) atoms. The van der Waals surface area contributed by atoms with E-state index in [0.717, 1.165) is 53.7 Å². The molecule has 0 bridgehead atoms. The summed E-state index contributed by atoms with van der Waals surface area (Å²) >= 11 is 0. The van der Waals surface area contributed by atoms with Gasteiger partial charge in [0.1, 0.15) is 6.04 Å². The summed E-state index contributed by atoms with van der Waals surface area (Å²) in [6.07, 6.45) is 5.04. The van der Waals surface area contributed by atoms with Gasteiger partial charge in [0, 0.05) is 35.4 Å². The summed E-state index contributed by atoms with van der Waals surface area (Å²) in [5.41, 5.74) is 11.2. The van der Waals surface area contributed by atoms with Crippen LogP contribution in [0.4, 0.5) is 5.69 Å². The third-order valence-electron chi connectivity index (χ3n) is 7.67. The highest BCUT2D eigenvalue weighted by Gasteiger charge is 2.35. The van der Waals surface area contributed by atoms with E-state index in [9.17, 15) is 9.59 Å². The highest BCUT2D eigenvalue weighted by Crippen LogP contribution is 2.36. The molecule has 3 heterocycles. The Bertz CT molecular complexity index is 1230. The van der Waals surface area contributed by atoms with Gasteiger partial charge in [-0.25, -0.2) is 4.79 Å². The van der Waals surface area contributed by atoms with Crippen LogP contribution in [0, 0.1) is 0 Å². The number of aromatic amines is 1. The molecule has 2 aromatic carbocycles. The molecule has 196 valence electrons. The lowest BCUT2D eigenvalue weighted by atomic mass is 9.89. The molecule has 0 radical (unpaired) electrons. The number of para-hydroxylation sites is 1. The molecule has 1 saturated heterocycles. The number of ether oxygens (including phenoxy) is 1. The highest BCUT2D eigenvalue weighted by atomic mass is 16.5. The molecule has 0 saturated carbocycles. The molecular weight excluding hydrogens is 466 g/mol. The Hall–Kier alpha value is -3.36. The van der Waals surface area contributed by atoms with Crippen LogP contribution in [0.5, 0.6) is 0 Å². The molecule has 2 aliphatic rings. The molecule has 3 aromatic rings. The van der Waals surface area contributed by atoms with E-state index in [0.29, 0.717) is 19.4 Å². The number of unbranched alkanes of at least 4 members (excludes halogenated alkanes) is 1. The maximum Gasteiger partial charge on any atom is 0.328 e. The number of hydrogen-bond acceptors (Lipinski definition) is 6. The number of aromatic nitrogens is 1. The standard InChI is InChI=1S/C29H37N5O3/c1-37-29(36)24(10-4-5-15-30)33-28(35)25-18-22-21-8-2-3-9-23(21)31-27(22)26(32-25)19-11-13-20(14-12-19)34-16-6-7-17-34/h2-3,8-9,11-14,24-26,31-32H,4-7,10,15-18,30H2,1H3,(H,33,35). The molecule has 5 N–H and O–H groups in total. The van der Waals surface area contributed by atoms with Crippen molar-refractivity contribution in [1.82, 2.24) is 15.6 Å². The summed E-state index contributed by atoms with van der Waals surface area (Å²) in [6, 6.07) is 15.5. The minimum atomic E-state index is -0.687. The number of fused-ring (bicyclic) bond motifs is 3. The van der Waals surface area contributed by atoms with E-state index in [4.69, 9.17) is 10.5 Å². The van der Waals surface area contributed by atoms with E-state index in [1.165, 1.54) is 25.6 Å². The summed E-state index contributed by atoms with van der Waals surface area (Å²) in [4.78, 5) is 31.9. The van der Waals surface area contributed by atoms with Gasteiger partial charge in [-0.1, -0.05) is 30.3 Å². The lowest BCUT2D eigenvalue weighted by Crippen LogP contribution is -2.53. The largest absolute Gasteiger partial charge is 0.467 e. The first-order valence-corrected chi connectivity index (χ1v) is 13.4. The normalized spacial score (nSPS) is 20.0. The number of hydrogen-bond donors (Lipinski definition) is 4. The van der Waals surface area contributed by atoms with Crippen molar-refractivity contribution in [2.75, 3.05) is 31.6 Å². The first kappa shape index (κ1) is 25.3. The average molecular weight is 504 g/mol. The van der Waals surface area contributed by atoms with Gasteiger partial charge in [-0.3, -0.25) is 10.1 Å². The Labute approximate surface area is 217 Å². The maximum absolute atomic E-state index is 13.5. The minimum Gasteiger partial charge on any atom is -0.467 e. The predicted molar refractivity (Wildman–Crippen MR) is 146 cm³/mol. The number of carbonyl (C=O) groups is 2. The smallest absolute Gasteiger partial charge is 0.328 e. The third-order valence-corrected chi connectivity index (χ3v) is 7.67. The second kappa shape index (κ2) is 11.4. The van der Waals surface area contributed by atoms with E-state index >= 15 is 0 Å². The molecule has 3 atom stereocenters. The number of anilines is 1. The fraction of sp³-hybridized carbons (Fsp3) is 0.448. The van der Waals surface area contributed by atoms with E-state index < -0.39 is 18.1 Å². The first-order valence-electron chi connectivity index (χ1n) is 13.4. The zero-order valence-corrected chi connectivity index (χ0v) is 21.5. The average Bonchev–Trinajstić information content (AvgIpc) is 3.60. The number of rotatable bonds is 9. The Kier molecular flexibility index (Phi) is 7.76. The summed E-state index contributed by atoms with van der Waals surface area (Å²) in [6.45, 7) is 2.75. The van der Waals surface area contributed by atoms with Gasteiger partial charge in [-0.15, -0.1) is 0 Å². The zero-order valence-electron chi connectivity index (χ0n) is 21.5. The SMILES string of the molecule is COC(=O)C(CCCCN)NC(=O)C1Cc2c([nH]c3ccccc23)C(c2ccc(N3CCCC3)cc2)N1. The van der Waals surface area contributed by atoms with E-state index in [-0.39, 0.29) is 11.9 Å². The summed E-state index contributed by atoms with van der Waals surface area (Å²) in [5.74, 6) is -0.624. The van der Waals surface area contributed by atoms with Gasteiger partial charge in [0.05, 0.1) is 19.2 Å². The maximum atomic E-state index is 13.5. The second-order valence-corrected chi connectivity index (χ2v) is 10.1. The summed E-state index contributed by atoms with van der Waals surface area (Å²) in [5, 5.41) is 7.66. The fourth-order valence-electron chi connectivity index (χ4n) is 5.68. The van der Waals surface area contributed by atoms with Crippen molar-refractivity contribution in [1.29, 1.82) is 0 Å². The van der Waals surface area contributed by atoms with Gasteiger partial charge < -0.3 is 25.7 Å². The van der Waals surface area contributed by atoms with Gasteiger partial charge in [0.2, 0.25) is 5.91 Å². The van der Waals surface area contributed by atoms with Crippen molar-refractivity contribution in [3.8, 4) is 0 Å². The second-order valence-electron chi connectivity index (χ2n) is 10.1. The van der Waals surface area contributed by atoms with Crippen molar-refractivity contribution in [2.45, 2.75) is 56.7 Å². The van der Waals surface area contributed by atoms with Gasteiger partial charge in [-0.05, 0) is 74.4 Å². The molecular formula is C29H37N5O3. The molecule has 1 amide bonds. The van der Waals surface area contributed by atoms with Gasteiger partial charge in [0.25, 0.3) is 0 Å². The van der Waals surface area contributed by atoms with Crippen molar-refractivity contribution in [3.63, 3.8) is 0 Å². The number of nitrogens with one attached hydrogen (secondary N) is 3. The van der Waals surface area contributed by atoms with Crippen molar-refractivity contribution in [3.05, 3.63) is 65.4 Å². The molecule has 1 aromatic heterocycles. The van der Waals surface area contributed by atoms with Crippen LogP contribution in [0.2, 0.25) is 0 Å². The number of nitrogens with two attached hydrogens (primary N) is 1. The number of nitrogens with zero attached hydrogens (tertiary/aromatic N) is 1. The Morgan fingerprint density at radius 2 is 1.86 bits per heavy atom. The number of carbonyl (C=O) groups excluding carboxylic acids is 2. The van der Waals surface area contributed by atoms with Crippen LogP contribution >= 0.6 is 0 Å². The van der Waals surface area contributed by atoms with Crippen LogP contribution in [0.3, 0.4) is 0 Å². The Morgan fingerprint density at radius 1 is 1.11 bits per heavy atom. The summed E-state index contributed by atoms with van der Waals surface area (Å²) < 4.78 is 4.96. The van der Waals surface area contributed by atoms with Crippen LogP contribution in [0.15, 0.2) is 48.5 Å². The Morgan fingerprint density at radius 3 is 2.59 bits per heavy atom. The molecule has 5 rings (SSSR count). The van der Waals surface area contributed by atoms with Crippen LogP contribution in [-0.4, -0.2) is 55.7 Å². The fourth-order valence-corrected chi connectivity index (χ4v) is 5.68. The van der Waals surface area contributed by atoms with Crippen molar-refractivity contribution >= 4 is 28.5 Å². The molecule has 0 spiro atoms. The number of H-pyrrole nitrogens is 1. The third kappa shape index (κ3) is 5.36. The van der Waals surface area contributed by atoms with Crippen molar-refractivity contribution in [2.24, 2.45) is 5.73 Å². The van der Waals surface area contributed by atoms with Gasteiger partial charge in [0.15, 0.2) is 0 Å². The number of esters is 1. The minimum absolute atomic E-state index is 0.173. The van der Waals surface area contributed by atoms with E-state index in [1.54, 1.807) is 0 Å². The van der Waals surface area contributed by atoms with Crippen LogP contribution in [-0.2, 0) is 20.7 Å². The molecule has 3 unspecified atom stereocenters. The molecule has 8 nitrogen and oxygen atoms in total. The quantitative estimate of drug-likeness (QED) is 0.264. The molecule has 1 fully saturated rings. The molecule has 0 aliphatic carbocycles. The summed E-state index contributed by atoms with van der Waals surface area (Å²) in [7, 11) is 1.35. The van der Waals surface area contributed by atoms with Crippen LogP contribution in [0.1, 0.15) is 55.0 Å². The van der Waals surface area contributed by atoms with E-state index in [2.05, 4.69) is 56.9 Å². The van der Waals surface area contributed by atoms with Gasteiger partial charge >= 0.3 is 5.97 Å². The van der Waals surface area contributed by atoms with Crippen LogP contribution < -0.4 is 21.3 Å². The lowest BCUT2D eigenvalue weighted by Gasteiger charge is -2.32. The topological polar surface area (TPSA) is 112 Å². The zero-order chi connectivity index (χ0) is 25.8.